The van der Waals surface area contributed by atoms with E-state index in [-0.39, 0.29) is 11.1 Å². The van der Waals surface area contributed by atoms with Gasteiger partial charge in [0.25, 0.3) is 0 Å². The van der Waals surface area contributed by atoms with E-state index in [0.717, 1.165) is 12.1 Å². The normalized spacial score (nSPS) is 10.0. The first-order valence-electron chi connectivity index (χ1n) is 5.78. The van der Waals surface area contributed by atoms with Crippen LogP contribution in [0.5, 0.6) is 5.75 Å². The molecule has 0 amide bonds. The van der Waals surface area contributed by atoms with Gasteiger partial charge >= 0.3 is 11.7 Å². The van der Waals surface area contributed by atoms with E-state index in [1.807, 2.05) is 0 Å². The Balaban J connectivity index is 2.75. The molecule has 1 rings (SSSR count). The molecule has 0 bridgehead atoms. The first-order valence-corrected chi connectivity index (χ1v) is 6.58. The van der Waals surface area contributed by atoms with Crippen LogP contribution in [0, 0.1) is 15.9 Å². The standard InChI is InChI=1S/C12H11BrFNO6/c1-2-20-12(17)3-7(16)6-21-11-5-9(14)8(13)4-10(11)15(18)19/h4-5H,2-3,6H2,1H3. The van der Waals surface area contributed by atoms with Crippen molar-refractivity contribution in [3.63, 3.8) is 0 Å². The summed E-state index contributed by atoms with van der Waals surface area (Å²) in [5, 5.41) is 10.8. The van der Waals surface area contributed by atoms with E-state index in [2.05, 4.69) is 20.7 Å². The second-order valence-electron chi connectivity index (χ2n) is 3.80. The second-order valence-corrected chi connectivity index (χ2v) is 4.65. The average Bonchev–Trinajstić information content (AvgIpc) is 2.39. The van der Waals surface area contributed by atoms with Crippen molar-refractivity contribution in [1.82, 2.24) is 0 Å². The van der Waals surface area contributed by atoms with Crippen molar-refractivity contribution >= 4 is 33.4 Å². The van der Waals surface area contributed by atoms with Gasteiger partial charge in [-0.15, -0.1) is 0 Å². The number of carbonyl (C=O) groups excluding carboxylic acids is 2. The molecular weight excluding hydrogens is 353 g/mol. The first-order chi connectivity index (χ1) is 9.85. The van der Waals surface area contributed by atoms with E-state index >= 15 is 0 Å². The molecule has 21 heavy (non-hydrogen) atoms. The number of esters is 1. The lowest BCUT2D eigenvalue weighted by molar-refractivity contribution is -0.385. The predicted molar refractivity (Wildman–Crippen MR) is 72.5 cm³/mol. The Morgan fingerprint density at radius 3 is 2.67 bits per heavy atom. The van der Waals surface area contributed by atoms with Crippen molar-refractivity contribution < 1.29 is 28.4 Å². The molecule has 0 spiro atoms. The maximum Gasteiger partial charge on any atom is 0.313 e. The molecule has 114 valence electrons. The number of carbonyl (C=O) groups is 2. The van der Waals surface area contributed by atoms with Crippen LogP contribution in [0.2, 0.25) is 0 Å². The fraction of sp³-hybridized carbons (Fsp3) is 0.333. The lowest BCUT2D eigenvalue weighted by atomic mass is 10.2. The third-order valence-corrected chi connectivity index (χ3v) is 2.84. The largest absolute Gasteiger partial charge is 0.479 e. The predicted octanol–water partition coefficient (Wildman–Crippen LogP) is 2.40. The quantitative estimate of drug-likeness (QED) is 0.319. The maximum absolute atomic E-state index is 13.3. The summed E-state index contributed by atoms with van der Waals surface area (Å²) in [7, 11) is 0. The van der Waals surface area contributed by atoms with Crippen molar-refractivity contribution in [3.05, 3.63) is 32.5 Å². The minimum atomic E-state index is -0.770. The molecule has 0 aromatic heterocycles. The number of nitrogens with zero attached hydrogens (tertiary/aromatic N) is 1. The van der Waals surface area contributed by atoms with Crippen LogP contribution in [-0.4, -0.2) is 29.9 Å². The summed E-state index contributed by atoms with van der Waals surface area (Å²) in [5.41, 5.74) is -0.493. The number of benzene rings is 1. The van der Waals surface area contributed by atoms with Crippen LogP contribution in [-0.2, 0) is 14.3 Å². The number of hydrogen-bond donors (Lipinski definition) is 0. The lowest BCUT2D eigenvalue weighted by Crippen LogP contribution is -2.17. The van der Waals surface area contributed by atoms with E-state index in [0.29, 0.717) is 0 Å². The maximum atomic E-state index is 13.3. The van der Waals surface area contributed by atoms with Gasteiger partial charge < -0.3 is 9.47 Å². The molecule has 1 aromatic rings. The molecule has 1 aromatic carbocycles. The summed E-state index contributed by atoms with van der Waals surface area (Å²) < 4.78 is 22.7. The minimum Gasteiger partial charge on any atom is -0.479 e. The van der Waals surface area contributed by atoms with E-state index in [9.17, 15) is 24.1 Å². The molecule has 0 aliphatic rings. The minimum absolute atomic E-state index is 0.0978. The fourth-order valence-electron chi connectivity index (χ4n) is 1.36. The van der Waals surface area contributed by atoms with Gasteiger partial charge in [0.15, 0.2) is 5.78 Å². The van der Waals surface area contributed by atoms with Crippen LogP contribution in [0.25, 0.3) is 0 Å². The van der Waals surface area contributed by atoms with E-state index in [1.54, 1.807) is 6.92 Å². The molecule has 0 N–H and O–H groups in total. The summed E-state index contributed by atoms with van der Waals surface area (Å²) in [4.78, 5) is 32.5. The van der Waals surface area contributed by atoms with Crippen LogP contribution < -0.4 is 4.74 Å². The van der Waals surface area contributed by atoms with Gasteiger partial charge in [-0.2, -0.15) is 0 Å². The Bertz CT molecular complexity index is 577. The molecule has 7 nitrogen and oxygen atoms in total. The summed E-state index contributed by atoms with van der Waals surface area (Å²) in [6.45, 7) is 1.13. The number of nitro benzene ring substituents is 1. The van der Waals surface area contributed by atoms with Crippen LogP contribution in [0.3, 0.4) is 0 Å². The van der Waals surface area contributed by atoms with Crippen LogP contribution in [0.4, 0.5) is 10.1 Å². The van der Waals surface area contributed by atoms with Crippen LogP contribution in [0.15, 0.2) is 16.6 Å². The number of halogens is 2. The van der Waals surface area contributed by atoms with Gasteiger partial charge in [0.05, 0.1) is 16.0 Å². The van der Waals surface area contributed by atoms with Gasteiger partial charge in [-0.1, -0.05) is 0 Å². The zero-order valence-electron chi connectivity index (χ0n) is 10.9. The molecule has 0 saturated carbocycles. The molecule has 0 fully saturated rings. The van der Waals surface area contributed by atoms with E-state index < -0.39 is 47.0 Å². The number of rotatable bonds is 7. The van der Waals surface area contributed by atoms with E-state index in [1.165, 1.54) is 0 Å². The van der Waals surface area contributed by atoms with Crippen molar-refractivity contribution in [2.24, 2.45) is 0 Å². The topological polar surface area (TPSA) is 95.7 Å². The number of ketones is 1. The zero-order chi connectivity index (χ0) is 16.0. The third kappa shape index (κ3) is 5.10. The number of nitro groups is 1. The molecule has 0 aliphatic heterocycles. The first kappa shape index (κ1) is 17.0. The van der Waals surface area contributed by atoms with Crippen molar-refractivity contribution in [2.45, 2.75) is 13.3 Å². The third-order valence-electron chi connectivity index (χ3n) is 2.23. The highest BCUT2D eigenvalue weighted by molar-refractivity contribution is 9.10. The summed E-state index contributed by atoms with van der Waals surface area (Å²) in [5.74, 6) is -2.51. The second kappa shape index (κ2) is 7.67. The van der Waals surface area contributed by atoms with Gasteiger partial charge in [-0.25, -0.2) is 4.39 Å². The highest BCUT2D eigenvalue weighted by Crippen LogP contribution is 2.32. The van der Waals surface area contributed by atoms with Crippen LogP contribution >= 0.6 is 15.9 Å². The Hall–Kier alpha value is -2.03. The average molecular weight is 364 g/mol. The van der Waals surface area contributed by atoms with E-state index in [4.69, 9.17) is 4.74 Å². The van der Waals surface area contributed by atoms with Crippen molar-refractivity contribution in [1.29, 1.82) is 0 Å². The SMILES string of the molecule is CCOC(=O)CC(=O)COc1cc(F)c(Br)cc1[N+](=O)[O-]. The van der Waals surface area contributed by atoms with Gasteiger partial charge in [0.2, 0.25) is 5.75 Å². The number of ether oxygens (including phenoxy) is 2. The molecule has 0 saturated heterocycles. The van der Waals surface area contributed by atoms with Gasteiger partial charge in [-0.05, 0) is 22.9 Å². The van der Waals surface area contributed by atoms with Gasteiger partial charge in [0.1, 0.15) is 18.8 Å². The summed E-state index contributed by atoms with van der Waals surface area (Å²) in [6, 6.07) is 1.72. The highest BCUT2D eigenvalue weighted by Gasteiger charge is 2.20. The molecule has 0 atom stereocenters. The van der Waals surface area contributed by atoms with Gasteiger partial charge in [0, 0.05) is 12.1 Å². The molecular formula is C12H11BrFNO6. The lowest BCUT2D eigenvalue weighted by Gasteiger charge is -2.07. The Morgan fingerprint density at radius 2 is 2.10 bits per heavy atom. The fourth-order valence-corrected chi connectivity index (χ4v) is 1.69. The number of Topliss-reactive ketones (excluding diaryl/α,β-unsaturated/α-hetero) is 1. The molecule has 0 unspecified atom stereocenters. The van der Waals surface area contributed by atoms with Gasteiger partial charge in [-0.3, -0.25) is 19.7 Å². The molecule has 9 heteroatoms. The Kier molecular flexibility index (Phi) is 6.22. The Labute approximate surface area is 127 Å². The summed E-state index contributed by atoms with van der Waals surface area (Å²) in [6.07, 6.45) is -0.513. The van der Waals surface area contributed by atoms with Crippen molar-refractivity contribution in [2.75, 3.05) is 13.2 Å². The van der Waals surface area contributed by atoms with Crippen LogP contribution in [0.1, 0.15) is 13.3 Å². The molecule has 0 heterocycles. The molecule has 0 radical (unpaired) electrons. The van der Waals surface area contributed by atoms with Crippen molar-refractivity contribution in [3.8, 4) is 5.75 Å². The highest BCUT2D eigenvalue weighted by atomic mass is 79.9. The zero-order valence-corrected chi connectivity index (χ0v) is 12.5. The monoisotopic (exact) mass is 363 g/mol. The number of hydrogen-bond acceptors (Lipinski definition) is 6. The smallest absolute Gasteiger partial charge is 0.313 e. The molecule has 0 aliphatic carbocycles. The summed E-state index contributed by atoms with van der Waals surface area (Å²) >= 11 is 2.82. The Morgan fingerprint density at radius 1 is 1.43 bits per heavy atom.